The number of halogens is 1. The lowest BCUT2D eigenvalue weighted by molar-refractivity contribution is 0.0935. The van der Waals surface area contributed by atoms with Gasteiger partial charge in [-0.15, -0.1) is 0 Å². The number of amides is 1. The van der Waals surface area contributed by atoms with Crippen LogP contribution in [0.25, 0.3) is 5.65 Å². The highest BCUT2D eigenvalue weighted by Gasteiger charge is 2.14. The van der Waals surface area contributed by atoms with Gasteiger partial charge in [0, 0.05) is 16.9 Å². The second kappa shape index (κ2) is 5.69. The van der Waals surface area contributed by atoms with Gasteiger partial charge in [-0.3, -0.25) is 4.79 Å². The lowest BCUT2D eigenvalue weighted by Crippen LogP contribution is -2.26. The molecule has 0 radical (unpaired) electrons. The number of fused-ring (bicyclic) bond motifs is 1. The molecular formula is C16H14BrN3O. The molecule has 21 heavy (non-hydrogen) atoms. The van der Waals surface area contributed by atoms with E-state index in [2.05, 4.69) is 26.2 Å². The number of hydrogen-bond acceptors (Lipinski definition) is 2. The van der Waals surface area contributed by atoms with E-state index in [1.54, 1.807) is 6.20 Å². The molecule has 0 spiro atoms. The van der Waals surface area contributed by atoms with Crippen LogP contribution in [0.1, 0.15) is 29.0 Å². The summed E-state index contributed by atoms with van der Waals surface area (Å²) in [4.78, 5) is 16.6. The maximum absolute atomic E-state index is 12.3. The summed E-state index contributed by atoms with van der Waals surface area (Å²) in [5, 5.41) is 2.96. The Balaban J connectivity index is 1.80. The lowest BCUT2D eigenvalue weighted by atomic mass is 10.1. The monoisotopic (exact) mass is 343 g/mol. The van der Waals surface area contributed by atoms with E-state index in [1.165, 1.54) is 0 Å². The predicted octanol–water partition coefficient (Wildman–Crippen LogP) is 3.59. The van der Waals surface area contributed by atoms with Gasteiger partial charge in [-0.25, -0.2) is 4.98 Å². The summed E-state index contributed by atoms with van der Waals surface area (Å²) in [6, 6.07) is 13.6. The minimum Gasteiger partial charge on any atom is -0.344 e. The molecule has 0 saturated heterocycles. The van der Waals surface area contributed by atoms with E-state index in [1.807, 2.05) is 60.0 Å². The Labute approximate surface area is 131 Å². The zero-order valence-corrected chi connectivity index (χ0v) is 13.0. The first kappa shape index (κ1) is 13.8. The van der Waals surface area contributed by atoms with Crippen molar-refractivity contribution in [3.05, 3.63) is 70.6 Å². The van der Waals surface area contributed by atoms with Crippen LogP contribution in [-0.4, -0.2) is 15.3 Å². The van der Waals surface area contributed by atoms with E-state index >= 15 is 0 Å². The minimum atomic E-state index is -0.175. The van der Waals surface area contributed by atoms with Gasteiger partial charge in [-0.1, -0.05) is 30.3 Å². The number of aromatic nitrogens is 2. The van der Waals surface area contributed by atoms with Crippen LogP contribution in [0, 0.1) is 0 Å². The summed E-state index contributed by atoms with van der Waals surface area (Å²) >= 11 is 3.40. The molecule has 0 fully saturated rings. The Kier molecular flexibility index (Phi) is 3.75. The first-order chi connectivity index (χ1) is 10.1. The average Bonchev–Trinajstić information content (AvgIpc) is 2.91. The molecule has 1 aromatic carbocycles. The molecule has 0 aliphatic heterocycles. The Morgan fingerprint density at radius 1 is 1.19 bits per heavy atom. The van der Waals surface area contributed by atoms with Crippen molar-refractivity contribution in [1.82, 2.24) is 14.7 Å². The number of hydrogen-bond donors (Lipinski definition) is 1. The highest BCUT2D eigenvalue weighted by atomic mass is 79.9. The second-order valence-corrected chi connectivity index (χ2v) is 5.76. The van der Waals surface area contributed by atoms with Crippen molar-refractivity contribution in [3.8, 4) is 0 Å². The predicted molar refractivity (Wildman–Crippen MR) is 85.2 cm³/mol. The third-order valence-corrected chi connectivity index (χ3v) is 3.76. The maximum atomic E-state index is 12.3. The molecule has 0 unspecified atom stereocenters. The molecule has 0 aliphatic carbocycles. The normalized spacial score (nSPS) is 12.3. The Hall–Kier alpha value is -2.14. The third kappa shape index (κ3) is 2.97. The van der Waals surface area contributed by atoms with Crippen LogP contribution in [0.2, 0.25) is 0 Å². The van der Waals surface area contributed by atoms with Gasteiger partial charge in [0.15, 0.2) is 0 Å². The van der Waals surface area contributed by atoms with Crippen LogP contribution < -0.4 is 5.32 Å². The van der Waals surface area contributed by atoms with Gasteiger partial charge < -0.3 is 9.72 Å². The van der Waals surface area contributed by atoms with Crippen LogP contribution in [0.3, 0.4) is 0 Å². The van der Waals surface area contributed by atoms with Gasteiger partial charge in [-0.05, 0) is 40.5 Å². The second-order valence-electron chi connectivity index (χ2n) is 4.84. The standard InChI is InChI=1S/C16H14BrN3O/c1-11(12-5-3-2-4-6-12)18-16(21)14-10-20-9-13(17)7-8-15(20)19-14/h2-11H,1H3,(H,18,21)/t11-/m1/s1. The van der Waals surface area contributed by atoms with E-state index in [-0.39, 0.29) is 11.9 Å². The maximum Gasteiger partial charge on any atom is 0.271 e. The van der Waals surface area contributed by atoms with Crippen molar-refractivity contribution in [2.45, 2.75) is 13.0 Å². The number of nitrogens with one attached hydrogen (secondary N) is 1. The third-order valence-electron chi connectivity index (χ3n) is 3.29. The molecule has 2 heterocycles. The van der Waals surface area contributed by atoms with Gasteiger partial charge in [0.2, 0.25) is 0 Å². The zero-order chi connectivity index (χ0) is 14.8. The molecule has 2 aromatic heterocycles. The fourth-order valence-electron chi connectivity index (χ4n) is 2.17. The highest BCUT2D eigenvalue weighted by molar-refractivity contribution is 9.10. The average molecular weight is 344 g/mol. The summed E-state index contributed by atoms with van der Waals surface area (Å²) in [6.45, 7) is 1.96. The van der Waals surface area contributed by atoms with Crippen LogP contribution in [0.4, 0.5) is 0 Å². The first-order valence-electron chi connectivity index (χ1n) is 6.63. The van der Waals surface area contributed by atoms with E-state index in [4.69, 9.17) is 0 Å². The van der Waals surface area contributed by atoms with Crippen LogP contribution >= 0.6 is 15.9 Å². The molecule has 0 bridgehead atoms. The summed E-state index contributed by atoms with van der Waals surface area (Å²) in [5.74, 6) is -0.175. The molecule has 1 N–H and O–H groups in total. The van der Waals surface area contributed by atoms with Crippen molar-refractivity contribution in [3.63, 3.8) is 0 Å². The van der Waals surface area contributed by atoms with E-state index < -0.39 is 0 Å². The van der Waals surface area contributed by atoms with Crippen molar-refractivity contribution < 1.29 is 4.79 Å². The van der Waals surface area contributed by atoms with E-state index in [0.29, 0.717) is 5.69 Å². The minimum absolute atomic E-state index is 0.0600. The van der Waals surface area contributed by atoms with E-state index in [9.17, 15) is 4.79 Å². The summed E-state index contributed by atoms with van der Waals surface area (Å²) < 4.78 is 2.77. The number of rotatable bonds is 3. The van der Waals surface area contributed by atoms with Crippen LogP contribution in [0.15, 0.2) is 59.3 Å². The SMILES string of the molecule is C[C@@H](NC(=O)c1cn2cc(Br)ccc2n1)c1ccccc1. The highest BCUT2D eigenvalue weighted by Crippen LogP contribution is 2.14. The number of carbonyl (C=O) groups excluding carboxylic acids is 1. The van der Waals surface area contributed by atoms with Gasteiger partial charge >= 0.3 is 0 Å². The van der Waals surface area contributed by atoms with E-state index in [0.717, 1.165) is 15.7 Å². The first-order valence-corrected chi connectivity index (χ1v) is 7.43. The van der Waals surface area contributed by atoms with Crippen molar-refractivity contribution in [2.24, 2.45) is 0 Å². The summed E-state index contributed by atoms with van der Waals surface area (Å²) in [5.41, 5.74) is 2.23. The smallest absolute Gasteiger partial charge is 0.271 e. The van der Waals surface area contributed by atoms with Gasteiger partial charge in [0.05, 0.1) is 6.04 Å². The molecule has 0 saturated carbocycles. The number of carbonyl (C=O) groups is 1. The molecule has 5 heteroatoms. The van der Waals surface area contributed by atoms with Gasteiger partial charge in [-0.2, -0.15) is 0 Å². The topological polar surface area (TPSA) is 46.4 Å². The molecule has 1 atom stereocenters. The van der Waals surface area contributed by atoms with Crippen LogP contribution in [-0.2, 0) is 0 Å². The van der Waals surface area contributed by atoms with Gasteiger partial charge in [0.25, 0.3) is 5.91 Å². The molecule has 3 aromatic rings. The Bertz CT molecular complexity index is 783. The Morgan fingerprint density at radius 3 is 2.71 bits per heavy atom. The molecular weight excluding hydrogens is 330 g/mol. The molecule has 0 aliphatic rings. The number of pyridine rings is 1. The number of imidazole rings is 1. The van der Waals surface area contributed by atoms with Crippen molar-refractivity contribution >= 4 is 27.5 Å². The van der Waals surface area contributed by atoms with Crippen molar-refractivity contribution in [2.75, 3.05) is 0 Å². The largest absolute Gasteiger partial charge is 0.344 e. The molecule has 1 amide bonds. The molecule has 3 rings (SSSR count). The van der Waals surface area contributed by atoms with Crippen molar-refractivity contribution in [1.29, 1.82) is 0 Å². The Morgan fingerprint density at radius 2 is 1.95 bits per heavy atom. The summed E-state index contributed by atoms with van der Waals surface area (Å²) in [7, 11) is 0. The lowest BCUT2D eigenvalue weighted by Gasteiger charge is -2.12. The summed E-state index contributed by atoms with van der Waals surface area (Å²) in [6.07, 6.45) is 3.60. The fourth-order valence-corrected chi connectivity index (χ4v) is 2.52. The molecule has 4 nitrogen and oxygen atoms in total. The molecule has 106 valence electrons. The fraction of sp³-hybridized carbons (Fsp3) is 0.125. The van der Waals surface area contributed by atoms with Crippen LogP contribution in [0.5, 0.6) is 0 Å². The number of nitrogens with zero attached hydrogens (tertiary/aromatic N) is 2. The number of benzene rings is 1. The zero-order valence-electron chi connectivity index (χ0n) is 11.5. The van der Waals surface area contributed by atoms with Gasteiger partial charge in [0.1, 0.15) is 11.3 Å². The quantitative estimate of drug-likeness (QED) is 0.789.